The van der Waals surface area contributed by atoms with Crippen LogP contribution in [-0.2, 0) is 40.2 Å². The van der Waals surface area contributed by atoms with Gasteiger partial charge >= 0.3 is 0 Å². The summed E-state index contributed by atoms with van der Waals surface area (Å²) in [6.07, 6.45) is 14.2. The first-order valence-electron chi connectivity index (χ1n) is 22.2. The van der Waals surface area contributed by atoms with E-state index in [0.29, 0.717) is 18.5 Å². The van der Waals surface area contributed by atoms with Gasteiger partial charge in [0, 0.05) is 57.9 Å². The minimum absolute atomic E-state index is 0. The predicted molar refractivity (Wildman–Crippen MR) is 229 cm³/mol. The van der Waals surface area contributed by atoms with E-state index in [0.717, 1.165) is 69.8 Å². The number of hydrogen-bond acceptors (Lipinski definition) is 4. The van der Waals surface area contributed by atoms with Crippen molar-refractivity contribution in [3.8, 4) is 22.8 Å². The molecule has 59 heavy (non-hydrogen) atoms. The fraction of sp³-hybridized carbons (Fsp3) is 0.490. The van der Waals surface area contributed by atoms with Gasteiger partial charge in [0.25, 0.3) is 0 Å². The van der Waals surface area contributed by atoms with Crippen LogP contribution in [0.25, 0.3) is 44.8 Å². The van der Waals surface area contributed by atoms with Crippen molar-refractivity contribution in [2.24, 2.45) is 47.3 Å². The summed E-state index contributed by atoms with van der Waals surface area (Å²) < 4.78 is 5.24. The van der Waals surface area contributed by atoms with Crippen LogP contribution in [0, 0.1) is 53.4 Å². The van der Waals surface area contributed by atoms with Crippen molar-refractivity contribution in [3.05, 3.63) is 109 Å². The molecule has 0 spiro atoms. The second-order valence-electron chi connectivity index (χ2n) is 19.0. The Balaban J connectivity index is 0.000000138. The summed E-state index contributed by atoms with van der Waals surface area (Å²) in [6.45, 7) is 3.32. The number of hydrogen-bond donors (Lipinski definition) is 2. The summed E-state index contributed by atoms with van der Waals surface area (Å²) in [7, 11) is 0. The van der Waals surface area contributed by atoms with Gasteiger partial charge in [-0.1, -0.05) is 54.6 Å². The van der Waals surface area contributed by atoms with Crippen LogP contribution < -0.4 is 0 Å². The van der Waals surface area contributed by atoms with Crippen LogP contribution in [-0.4, -0.2) is 41.5 Å². The van der Waals surface area contributed by atoms with Crippen molar-refractivity contribution < 1.29 is 50.4 Å². The second-order valence-corrected chi connectivity index (χ2v) is 19.0. The van der Waals surface area contributed by atoms with E-state index in [2.05, 4.69) is 106 Å². The van der Waals surface area contributed by atoms with Crippen LogP contribution >= 0.6 is 0 Å². The van der Waals surface area contributed by atoms with Crippen LogP contribution in [0.5, 0.6) is 0 Å². The van der Waals surface area contributed by atoms with Gasteiger partial charge in [-0.15, -0.1) is 35.9 Å². The number of rotatable bonds is 6. The van der Waals surface area contributed by atoms with Crippen molar-refractivity contribution in [2.75, 3.05) is 0 Å². The summed E-state index contributed by atoms with van der Waals surface area (Å²) in [6, 6.07) is 41.2. The average molecular weight is 1140 g/mol. The summed E-state index contributed by atoms with van der Waals surface area (Å²) >= 11 is 0. The van der Waals surface area contributed by atoms with E-state index in [9.17, 15) is 0 Å². The van der Waals surface area contributed by atoms with Crippen LogP contribution in [0.2, 0.25) is 0 Å². The maximum atomic E-state index is 8.56. The van der Waals surface area contributed by atoms with Gasteiger partial charge in [-0.25, -0.2) is 4.98 Å². The summed E-state index contributed by atoms with van der Waals surface area (Å²) in [5.41, 5.74) is 7.31. The first-order valence-corrected chi connectivity index (χ1v) is 22.2. The molecule has 0 aliphatic heterocycles. The van der Waals surface area contributed by atoms with Gasteiger partial charge in [0.1, 0.15) is 5.82 Å². The molecule has 2 N–H and O–H groups in total. The van der Waals surface area contributed by atoms with Gasteiger partial charge < -0.3 is 19.3 Å². The minimum atomic E-state index is -0.375. The van der Waals surface area contributed by atoms with E-state index >= 15 is 0 Å². The molecule has 2 unspecified atom stereocenters. The van der Waals surface area contributed by atoms with Crippen molar-refractivity contribution >= 4 is 22.1 Å². The number of aromatic nitrogens is 4. The molecule has 0 saturated heterocycles. The van der Waals surface area contributed by atoms with Crippen molar-refractivity contribution in [3.63, 3.8) is 0 Å². The SMILES string of the molecule is CC(O)CC(C)O.[Ir].[Ir].[c-]1ccccc1-c1nc2ccccc2n1C1C2CC3CC(C2)CC1C3.c1ccc(-c2nc3ccccc3n2C2C3CC4CC(C3)CC2C4)cc1. The summed E-state index contributed by atoms with van der Waals surface area (Å²) in [4.78, 5) is 10.1. The third-order valence-corrected chi connectivity index (χ3v) is 14.8. The van der Waals surface area contributed by atoms with E-state index in [1.807, 2.05) is 12.1 Å². The van der Waals surface area contributed by atoms with E-state index in [1.165, 1.54) is 86.6 Å². The molecule has 2 atom stereocenters. The Bertz CT molecular complexity index is 2090. The van der Waals surface area contributed by atoms with Gasteiger partial charge in [0.15, 0.2) is 0 Å². The molecule has 8 bridgehead atoms. The molecule has 314 valence electrons. The molecule has 14 rings (SSSR count). The third-order valence-electron chi connectivity index (χ3n) is 14.8. The zero-order valence-corrected chi connectivity index (χ0v) is 39.2. The standard InChI is InChI=1S/C23H24N2.C23H23N2.C5H12O2.2Ir/c2*1-2-6-17(7-3-1)23-24-20-8-4-5-9-21(20)25(23)22-18-11-15-10-16(13-18)14-19(22)12-15;1-4(6)3-5(2)7;;/h1-9,15-16,18-19,22H,10-14H2;1-6,8-9,15-16,18-19,22H,10-14H2;4-7H,3H2,1-2H3;;/q;-1;;;. The number of para-hydroxylation sites is 4. The molecule has 2 heterocycles. The van der Waals surface area contributed by atoms with Gasteiger partial charge in [0.05, 0.1) is 40.1 Å². The molecule has 2 radical (unpaired) electrons. The molecule has 0 amide bonds. The Kier molecular flexibility index (Phi) is 13.2. The molecule has 8 heteroatoms. The van der Waals surface area contributed by atoms with E-state index < -0.39 is 0 Å². The van der Waals surface area contributed by atoms with E-state index in [-0.39, 0.29) is 52.4 Å². The molecule has 8 fully saturated rings. The summed E-state index contributed by atoms with van der Waals surface area (Å²) in [5.74, 6) is 9.72. The summed E-state index contributed by atoms with van der Waals surface area (Å²) in [5, 5.41) is 17.1. The molecule has 6 aromatic rings. The topological polar surface area (TPSA) is 76.1 Å². The Hall–Kier alpha value is -2.96. The second kappa shape index (κ2) is 18.2. The van der Waals surface area contributed by atoms with E-state index in [4.69, 9.17) is 20.2 Å². The Labute approximate surface area is 377 Å². The van der Waals surface area contributed by atoms with Gasteiger partial charge in [-0.2, -0.15) is 0 Å². The van der Waals surface area contributed by atoms with Crippen LogP contribution in [0.15, 0.2) is 103 Å². The zero-order chi connectivity index (χ0) is 38.6. The van der Waals surface area contributed by atoms with Gasteiger partial charge in [-0.05, 0) is 156 Å². The maximum Gasteiger partial charge on any atom is 0.141 e. The third kappa shape index (κ3) is 8.49. The fourth-order valence-corrected chi connectivity index (χ4v) is 13.3. The first kappa shape index (κ1) is 42.7. The quantitative estimate of drug-likeness (QED) is 0.163. The minimum Gasteiger partial charge on any atom is -0.393 e. The molecule has 4 aromatic carbocycles. The smallest absolute Gasteiger partial charge is 0.141 e. The number of aliphatic hydroxyl groups excluding tert-OH is 2. The largest absolute Gasteiger partial charge is 0.393 e. The number of nitrogens with zero attached hydrogens (tertiary/aromatic N) is 4. The van der Waals surface area contributed by atoms with Crippen LogP contribution in [0.1, 0.15) is 96.6 Å². The fourth-order valence-electron chi connectivity index (χ4n) is 13.3. The van der Waals surface area contributed by atoms with Crippen molar-refractivity contribution in [1.29, 1.82) is 0 Å². The van der Waals surface area contributed by atoms with Crippen molar-refractivity contribution in [2.45, 2.75) is 109 Å². The van der Waals surface area contributed by atoms with E-state index in [1.54, 1.807) is 13.8 Å². The molecular weight excluding hydrogens is 1090 g/mol. The van der Waals surface area contributed by atoms with Gasteiger partial charge in [0.2, 0.25) is 0 Å². The maximum absolute atomic E-state index is 8.56. The molecule has 6 nitrogen and oxygen atoms in total. The number of benzene rings is 4. The number of imidazole rings is 2. The Morgan fingerprint density at radius 1 is 0.525 bits per heavy atom. The molecule has 2 aromatic heterocycles. The normalized spacial score (nSPS) is 30.4. The molecule has 8 aliphatic rings. The van der Waals surface area contributed by atoms with Gasteiger partial charge in [-0.3, -0.25) is 4.98 Å². The monoisotopic (exact) mass is 1150 g/mol. The van der Waals surface area contributed by atoms with Crippen LogP contribution in [0.4, 0.5) is 0 Å². The molecule has 8 saturated carbocycles. The van der Waals surface area contributed by atoms with Crippen molar-refractivity contribution in [1.82, 2.24) is 19.1 Å². The Morgan fingerprint density at radius 3 is 1.36 bits per heavy atom. The zero-order valence-electron chi connectivity index (χ0n) is 34.4. The van der Waals surface area contributed by atoms with Crippen LogP contribution in [0.3, 0.4) is 0 Å². The predicted octanol–water partition coefficient (Wildman–Crippen LogP) is 11.3. The molecular formula is C51H59Ir2N4O2-. The molecule has 8 aliphatic carbocycles. The first-order chi connectivity index (χ1) is 27.9. The number of aliphatic hydroxyl groups is 2. The average Bonchev–Trinajstić information content (AvgIpc) is 3.77. The Morgan fingerprint density at radius 2 is 0.932 bits per heavy atom. The number of fused-ring (bicyclic) bond motifs is 2.